The molecule has 0 amide bonds. The molecule has 2 aromatic rings. The summed E-state index contributed by atoms with van der Waals surface area (Å²) in [5.74, 6) is 1.69. The smallest absolute Gasteiger partial charge is 0.307 e. The average Bonchev–Trinajstić information content (AvgIpc) is 2.83. The van der Waals surface area contributed by atoms with Gasteiger partial charge in [0.25, 0.3) is 0 Å². The standard InChI is InChI=1S/C24H31NO7/c1-28-17-8-9-18(19(13-17)29-2)22(25-10-6-7-15(14-25)24(26)27)16-11-20(30-3)23(32-5)21(12-16)31-4/h8-9,11-13,15,22H,6-7,10,14H2,1-5H3,(H,26,27). The highest BCUT2D eigenvalue weighted by molar-refractivity contribution is 5.70. The van der Waals surface area contributed by atoms with Gasteiger partial charge in [-0.25, -0.2) is 0 Å². The maximum atomic E-state index is 11.8. The van der Waals surface area contributed by atoms with E-state index in [-0.39, 0.29) is 6.04 Å². The van der Waals surface area contributed by atoms with Crippen LogP contribution in [0.2, 0.25) is 0 Å². The molecule has 0 aliphatic carbocycles. The Hall–Kier alpha value is -3.13. The van der Waals surface area contributed by atoms with Crippen LogP contribution < -0.4 is 23.7 Å². The second-order valence-corrected chi connectivity index (χ2v) is 7.64. The maximum Gasteiger partial charge on any atom is 0.307 e. The summed E-state index contributed by atoms with van der Waals surface area (Å²) in [6, 6.07) is 9.18. The molecule has 1 heterocycles. The first-order valence-corrected chi connectivity index (χ1v) is 10.5. The number of carboxylic acid groups (broad SMARTS) is 1. The Balaban J connectivity index is 2.19. The minimum atomic E-state index is -0.778. The number of nitrogens with zero attached hydrogens (tertiary/aromatic N) is 1. The molecular weight excluding hydrogens is 414 g/mol. The molecule has 2 aromatic carbocycles. The first-order chi connectivity index (χ1) is 15.5. The normalized spacial score (nSPS) is 17.3. The molecule has 32 heavy (non-hydrogen) atoms. The van der Waals surface area contributed by atoms with Gasteiger partial charge in [0.2, 0.25) is 5.75 Å². The van der Waals surface area contributed by atoms with E-state index in [1.807, 2.05) is 30.3 Å². The molecule has 0 radical (unpaired) electrons. The lowest BCUT2D eigenvalue weighted by Gasteiger charge is -2.38. The van der Waals surface area contributed by atoms with Gasteiger partial charge in [-0.3, -0.25) is 9.69 Å². The van der Waals surface area contributed by atoms with E-state index in [1.165, 1.54) is 0 Å². The van der Waals surface area contributed by atoms with E-state index in [9.17, 15) is 9.90 Å². The Morgan fingerprint density at radius 3 is 2.12 bits per heavy atom. The molecule has 174 valence electrons. The summed E-state index contributed by atoms with van der Waals surface area (Å²) in [5, 5.41) is 9.66. The first-order valence-electron chi connectivity index (χ1n) is 10.5. The molecule has 3 rings (SSSR count). The fraction of sp³-hybridized carbons (Fsp3) is 0.458. The third-order valence-corrected chi connectivity index (χ3v) is 5.91. The topological polar surface area (TPSA) is 86.7 Å². The molecule has 1 N–H and O–H groups in total. The SMILES string of the molecule is COc1ccc(C(c2cc(OC)c(OC)c(OC)c2)N2CCCC(C(=O)O)C2)c(OC)c1. The zero-order chi connectivity index (χ0) is 23.3. The van der Waals surface area contributed by atoms with Gasteiger partial charge in [0.1, 0.15) is 11.5 Å². The van der Waals surface area contributed by atoms with Crippen molar-refractivity contribution < 1.29 is 33.6 Å². The lowest BCUT2D eigenvalue weighted by molar-refractivity contribution is -0.143. The van der Waals surface area contributed by atoms with Crippen LogP contribution in [0.4, 0.5) is 0 Å². The molecule has 1 aliphatic heterocycles. The highest BCUT2D eigenvalue weighted by atomic mass is 16.5. The predicted molar refractivity (Wildman–Crippen MR) is 119 cm³/mol. The van der Waals surface area contributed by atoms with Crippen molar-refractivity contribution in [1.29, 1.82) is 0 Å². The number of piperidine rings is 1. The lowest BCUT2D eigenvalue weighted by atomic mass is 9.90. The molecule has 1 fully saturated rings. The van der Waals surface area contributed by atoms with E-state index in [1.54, 1.807) is 35.5 Å². The van der Waals surface area contributed by atoms with Gasteiger partial charge in [-0.1, -0.05) is 0 Å². The molecule has 0 aromatic heterocycles. The Morgan fingerprint density at radius 2 is 1.59 bits per heavy atom. The van der Waals surface area contributed by atoms with Crippen LogP contribution >= 0.6 is 0 Å². The van der Waals surface area contributed by atoms with E-state index < -0.39 is 11.9 Å². The number of hydrogen-bond acceptors (Lipinski definition) is 7. The summed E-state index contributed by atoms with van der Waals surface area (Å²) in [5.41, 5.74) is 1.78. The molecule has 1 saturated heterocycles. The largest absolute Gasteiger partial charge is 0.497 e. The van der Waals surface area contributed by atoms with Crippen molar-refractivity contribution in [1.82, 2.24) is 4.90 Å². The van der Waals surface area contributed by atoms with Gasteiger partial charge in [-0.15, -0.1) is 0 Å². The van der Waals surface area contributed by atoms with E-state index in [0.29, 0.717) is 41.7 Å². The number of benzene rings is 2. The van der Waals surface area contributed by atoms with Crippen molar-refractivity contribution in [3.8, 4) is 28.7 Å². The zero-order valence-corrected chi connectivity index (χ0v) is 19.2. The van der Waals surface area contributed by atoms with Crippen molar-refractivity contribution in [3.05, 3.63) is 41.5 Å². The lowest BCUT2D eigenvalue weighted by Crippen LogP contribution is -2.41. The van der Waals surface area contributed by atoms with Crippen LogP contribution in [0, 0.1) is 5.92 Å². The summed E-state index contributed by atoms with van der Waals surface area (Å²) in [6.45, 7) is 1.17. The van der Waals surface area contributed by atoms with Crippen molar-refractivity contribution in [2.24, 2.45) is 5.92 Å². The molecule has 0 spiro atoms. The van der Waals surface area contributed by atoms with Gasteiger partial charge in [0.15, 0.2) is 11.5 Å². The second kappa shape index (κ2) is 10.5. The molecular formula is C24H31NO7. The Morgan fingerprint density at radius 1 is 0.938 bits per heavy atom. The molecule has 0 bridgehead atoms. The average molecular weight is 446 g/mol. The highest BCUT2D eigenvalue weighted by Gasteiger charge is 2.34. The van der Waals surface area contributed by atoms with E-state index in [2.05, 4.69) is 4.90 Å². The van der Waals surface area contributed by atoms with Crippen LogP contribution in [-0.4, -0.2) is 64.6 Å². The van der Waals surface area contributed by atoms with Gasteiger partial charge in [-0.2, -0.15) is 0 Å². The Labute approximate surface area is 188 Å². The molecule has 2 unspecified atom stereocenters. The van der Waals surface area contributed by atoms with Gasteiger partial charge in [0, 0.05) is 18.2 Å². The van der Waals surface area contributed by atoms with E-state index in [4.69, 9.17) is 23.7 Å². The van der Waals surface area contributed by atoms with Gasteiger partial charge in [-0.05, 0) is 49.2 Å². The van der Waals surface area contributed by atoms with E-state index >= 15 is 0 Å². The number of methoxy groups -OCH3 is 5. The van der Waals surface area contributed by atoms with Gasteiger partial charge >= 0.3 is 5.97 Å². The molecule has 0 saturated carbocycles. The van der Waals surface area contributed by atoms with Crippen LogP contribution in [0.3, 0.4) is 0 Å². The Bertz CT molecular complexity index is 921. The highest BCUT2D eigenvalue weighted by Crippen LogP contribution is 2.45. The van der Waals surface area contributed by atoms with Crippen LogP contribution in [0.25, 0.3) is 0 Å². The number of carbonyl (C=O) groups is 1. The number of rotatable bonds is 9. The van der Waals surface area contributed by atoms with Crippen LogP contribution in [0.1, 0.15) is 30.0 Å². The van der Waals surface area contributed by atoms with Gasteiger partial charge < -0.3 is 28.8 Å². The quantitative estimate of drug-likeness (QED) is 0.626. The minimum absolute atomic E-state index is 0.285. The number of aliphatic carboxylic acids is 1. The maximum absolute atomic E-state index is 11.8. The summed E-state index contributed by atoms with van der Waals surface area (Å²) in [6.07, 6.45) is 1.45. The summed E-state index contributed by atoms with van der Waals surface area (Å²) in [7, 11) is 7.93. The molecule has 2 atom stereocenters. The third kappa shape index (κ3) is 4.70. The fourth-order valence-electron chi connectivity index (χ4n) is 4.33. The van der Waals surface area contributed by atoms with Crippen molar-refractivity contribution in [2.75, 3.05) is 48.6 Å². The van der Waals surface area contributed by atoms with Crippen molar-refractivity contribution >= 4 is 5.97 Å². The van der Waals surface area contributed by atoms with Crippen LogP contribution in [-0.2, 0) is 4.79 Å². The Kier molecular flexibility index (Phi) is 7.69. The second-order valence-electron chi connectivity index (χ2n) is 7.64. The summed E-state index contributed by atoms with van der Waals surface area (Å²) >= 11 is 0. The number of hydrogen-bond donors (Lipinski definition) is 1. The van der Waals surface area contributed by atoms with Crippen molar-refractivity contribution in [3.63, 3.8) is 0 Å². The first kappa shape index (κ1) is 23.5. The zero-order valence-electron chi connectivity index (χ0n) is 19.2. The number of carboxylic acids is 1. The number of likely N-dealkylation sites (tertiary alicyclic amines) is 1. The predicted octanol–water partition coefficient (Wildman–Crippen LogP) is 3.62. The monoisotopic (exact) mass is 445 g/mol. The van der Waals surface area contributed by atoms with E-state index in [0.717, 1.165) is 24.1 Å². The van der Waals surface area contributed by atoms with Crippen LogP contribution in [0.15, 0.2) is 30.3 Å². The molecule has 8 nitrogen and oxygen atoms in total. The number of ether oxygens (including phenoxy) is 5. The third-order valence-electron chi connectivity index (χ3n) is 5.91. The molecule has 1 aliphatic rings. The van der Waals surface area contributed by atoms with Crippen LogP contribution in [0.5, 0.6) is 28.7 Å². The summed E-state index contributed by atoms with van der Waals surface area (Å²) < 4.78 is 27.7. The minimum Gasteiger partial charge on any atom is -0.497 e. The van der Waals surface area contributed by atoms with Crippen molar-refractivity contribution in [2.45, 2.75) is 18.9 Å². The fourth-order valence-corrected chi connectivity index (χ4v) is 4.33. The molecule has 8 heteroatoms. The van der Waals surface area contributed by atoms with Gasteiger partial charge in [0.05, 0.1) is 47.5 Å². The summed E-state index contributed by atoms with van der Waals surface area (Å²) in [4.78, 5) is 13.9.